The Labute approximate surface area is 141 Å². The van der Waals surface area contributed by atoms with E-state index in [1.807, 2.05) is 36.4 Å². The van der Waals surface area contributed by atoms with Crippen LogP contribution >= 0.6 is 0 Å². The van der Waals surface area contributed by atoms with Crippen LogP contribution in [0.2, 0.25) is 0 Å². The molecule has 0 atom stereocenters. The Hall–Kier alpha value is -2.60. The summed E-state index contributed by atoms with van der Waals surface area (Å²) < 4.78 is 10.9. The predicted octanol–water partition coefficient (Wildman–Crippen LogP) is 2.04. The number of hydrogen-bond donors (Lipinski definition) is 1. The van der Waals surface area contributed by atoms with Gasteiger partial charge in [-0.05, 0) is 24.3 Å². The highest BCUT2D eigenvalue weighted by Crippen LogP contribution is 2.12. The van der Waals surface area contributed by atoms with Crippen molar-refractivity contribution in [2.75, 3.05) is 44.8 Å². The molecule has 126 valence electrons. The average molecular weight is 327 g/mol. The number of para-hydroxylation sites is 1. The van der Waals surface area contributed by atoms with Crippen LogP contribution in [0.5, 0.6) is 5.75 Å². The van der Waals surface area contributed by atoms with Gasteiger partial charge in [-0.15, -0.1) is 0 Å². The molecule has 2 heterocycles. The maximum absolute atomic E-state index is 12.4. The highest BCUT2D eigenvalue weighted by Gasteiger charge is 2.19. The van der Waals surface area contributed by atoms with Gasteiger partial charge in [-0.3, -0.25) is 9.78 Å². The molecule has 0 bridgehead atoms. The molecule has 1 fully saturated rings. The number of nitrogens with one attached hydrogen (secondary N) is 1. The van der Waals surface area contributed by atoms with E-state index in [9.17, 15) is 4.79 Å². The lowest BCUT2D eigenvalue weighted by Gasteiger charge is -2.26. The summed E-state index contributed by atoms with van der Waals surface area (Å²) >= 11 is 0. The zero-order chi connectivity index (χ0) is 16.6. The fourth-order valence-electron chi connectivity index (χ4n) is 2.47. The van der Waals surface area contributed by atoms with Gasteiger partial charge in [0.15, 0.2) is 0 Å². The van der Waals surface area contributed by atoms with Gasteiger partial charge in [-0.1, -0.05) is 18.2 Å². The van der Waals surface area contributed by atoms with E-state index < -0.39 is 0 Å². The Morgan fingerprint density at radius 3 is 2.79 bits per heavy atom. The maximum Gasteiger partial charge on any atom is 0.272 e. The summed E-state index contributed by atoms with van der Waals surface area (Å²) in [6.07, 6.45) is 1.65. The smallest absolute Gasteiger partial charge is 0.272 e. The van der Waals surface area contributed by atoms with Crippen LogP contribution < -0.4 is 10.1 Å². The van der Waals surface area contributed by atoms with Gasteiger partial charge in [0.25, 0.3) is 5.91 Å². The molecule has 1 aromatic heterocycles. The van der Waals surface area contributed by atoms with Gasteiger partial charge >= 0.3 is 0 Å². The van der Waals surface area contributed by atoms with E-state index in [0.717, 1.165) is 11.4 Å². The van der Waals surface area contributed by atoms with Crippen LogP contribution in [-0.2, 0) is 4.74 Å². The van der Waals surface area contributed by atoms with E-state index in [4.69, 9.17) is 9.47 Å². The number of amides is 1. The van der Waals surface area contributed by atoms with Gasteiger partial charge in [0.05, 0.1) is 13.2 Å². The average Bonchev–Trinajstić information content (AvgIpc) is 2.66. The Kier molecular flexibility index (Phi) is 5.63. The van der Waals surface area contributed by atoms with Gasteiger partial charge < -0.3 is 19.7 Å². The third-order valence-corrected chi connectivity index (χ3v) is 3.72. The number of rotatable bonds is 6. The first-order valence-corrected chi connectivity index (χ1v) is 8.08. The molecule has 0 spiro atoms. The molecule has 0 unspecified atom stereocenters. The van der Waals surface area contributed by atoms with Crippen LogP contribution in [0, 0.1) is 0 Å². The molecule has 0 aliphatic carbocycles. The van der Waals surface area contributed by atoms with E-state index in [2.05, 4.69) is 10.3 Å². The second kappa shape index (κ2) is 8.31. The highest BCUT2D eigenvalue weighted by molar-refractivity contribution is 5.93. The monoisotopic (exact) mass is 327 g/mol. The molecule has 6 nitrogen and oxygen atoms in total. The molecule has 1 N–H and O–H groups in total. The van der Waals surface area contributed by atoms with Crippen LogP contribution in [0.15, 0.2) is 48.7 Å². The fraction of sp³-hybridized carbons (Fsp3) is 0.333. The molecule has 3 rings (SSSR count). The molecular weight excluding hydrogens is 306 g/mol. The first kappa shape index (κ1) is 16.3. The number of ether oxygens (including phenoxy) is 2. The van der Waals surface area contributed by atoms with Crippen LogP contribution in [0.4, 0.5) is 5.69 Å². The van der Waals surface area contributed by atoms with E-state index in [1.165, 1.54) is 0 Å². The molecule has 0 saturated carbocycles. The zero-order valence-corrected chi connectivity index (χ0v) is 13.5. The summed E-state index contributed by atoms with van der Waals surface area (Å²) in [4.78, 5) is 18.4. The second-order valence-corrected chi connectivity index (χ2v) is 5.42. The number of anilines is 1. The predicted molar refractivity (Wildman–Crippen MR) is 91.4 cm³/mol. The number of morpholine rings is 1. The minimum atomic E-state index is -0.0533. The lowest BCUT2D eigenvalue weighted by atomic mass is 10.2. The van der Waals surface area contributed by atoms with Gasteiger partial charge in [-0.25, -0.2) is 0 Å². The Morgan fingerprint density at radius 2 is 2.00 bits per heavy atom. The SMILES string of the molecule is O=C(c1cc(NCCOc2ccccc2)ccn1)N1CCOCC1. The molecule has 24 heavy (non-hydrogen) atoms. The van der Waals surface area contributed by atoms with Gasteiger partial charge in [-0.2, -0.15) is 0 Å². The number of benzene rings is 1. The number of nitrogens with zero attached hydrogens (tertiary/aromatic N) is 2. The first-order chi connectivity index (χ1) is 11.8. The quantitative estimate of drug-likeness (QED) is 0.823. The summed E-state index contributed by atoms with van der Waals surface area (Å²) in [5.41, 5.74) is 1.31. The summed E-state index contributed by atoms with van der Waals surface area (Å²) in [6, 6.07) is 13.3. The number of aromatic nitrogens is 1. The molecular formula is C18H21N3O3. The Balaban J connectivity index is 1.50. The third-order valence-electron chi connectivity index (χ3n) is 3.72. The van der Waals surface area contributed by atoms with Gasteiger partial charge in [0.2, 0.25) is 0 Å². The molecule has 1 aromatic carbocycles. The fourth-order valence-corrected chi connectivity index (χ4v) is 2.47. The lowest BCUT2D eigenvalue weighted by molar-refractivity contribution is 0.0299. The topological polar surface area (TPSA) is 63.7 Å². The van der Waals surface area contributed by atoms with Crippen molar-refractivity contribution in [2.45, 2.75) is 0 Å². The van der Waals surface area contributed by atoms with Gasteiger partial charge in [0, 0.05) is 31.5 Å². The minimum absolute atomic E-state index is 0.0533. The van der Waals surface area contributed by atoms with Crippen LogP contribution in [0.25, 0.3) is 0 Å². The van der Waals surface area contributed by atoms with Crippen molar-refractivity contribution in [1.82, 2.24) is 9.88 Å². The Bertz CT molecular complexity index is 658. The summed E-state index contributed by atoms with van der Waals surface area (Å²) in [6.45, 7) is 3.58. The number of pyridine rings is 1. The molecule has 1 saturated heterocycles. The normalized spacial score (nSPS) is 14.2. The first-order valence-electron chi connectivity index (χ1n) is 8.08. The van der Waals surface area contributed by atoms with Crippen molar-refractivity contribution in [3.8, 4) is 5.75 Å². The van der Waals surface area contributed by atoms with E-state index in [0.29, 0.717) is 45.1 Å². The van der Waals surface area contributed by atoms with Crippen LogP contribution in [-0.4, -0.2) is 55.2 Å². The van der Waals surface area contributed by atoms with Crippen molar-refractivity contribution in [3.63, 3.8) is 0 Å². The van der Waals surface area contributed by atoms with Crippen molar-refractivity contribution < 1.29 is 14.3 Å². The largest absolute Gasteiger partial charge is 0.492 e. The van der Waals surface area contributed by atoms with E-state index >= 15 is 0 Å². The van der Waals surface area contributed by atoms with Crippen LogP contribution in [0.3, 0.4) is 0 Å². The molecule has 1 aliphatic rings. The lowest BCUT2D eigenvalue weighted by Crippen LogP contribution is -2.41. The Morgan fingerprint density at radius 1 is 1.21 bits per heavy atom. The summed E-state index contributed by atoms with van der Waals surface area (Å²) in [5.74, 6) is 0.791. The molecule has 1 amide bonds. The molecule has 6 heteroatoms. The summed E-state index contributed by atoms with van der Waals surface area (Å²) in [5, 5.41) is 3.25. The maximum atomic E-state index is 12.4. The number of carbonyl (C=O) groups excluding carboxylic acids is 1. The van der Waals surface area contributed by atoms with Crippen molar-refractivity contribution in [3.05, 3.63) is 54.4 Å². The summed E-state index contributed by atoms with van der Waals surface area (Å²) in [7, 11) is 0. The number of hydrogen-bond acceptors (Lipinski definition) is 5. The molecule has 2 aromatic rings. The third kappa shape index (κ3) is 4.45. The standard InChI is InChI=1S/C18H21N3O3/c22-18(21-9-12-23-13-10-21)17-14-15(6-7-20-17)19-8-11-24-16-4-2-1-3-5-16/h1-7,14H,8-13H2,(H,19,20). The van der Waals surface area contributed by atoms with Crippen molar-refractivity contribution in [2.24, 2.45) is 0 Å². The second-order valence-electron chi connectivity index (χ2n) is 5.42. The zero-order valence-electron chi connectivity index (χ0n) is 13.5. The minimum Gasteiger partial charge on any atom is -0.492 e. The van der Waals surface area contributed by atoms with Gasteiger partial charge in [0.1, 0.15) is 18.1 Å². The van der Waals surface area contributed by atoms with Crippen molar-refractivity contribution >= 4 is 11.6 Å². The van der Waals surface area contributed by atoms with Crippen LogP contribution in [0.1, 0.15) is 10.5 Å². The highest BCUT2D eigenvalue weighted by atomic mass is 16.5. The number of carbonyl (C=O) groups is 1. The van der Waals surface area contributed by atoms with E-state index in [1.54, 1.807) is 17.2 Å². The van der Waals surface area contributed by atoms with Crippen molar-refractivity contribution in [1.29, 1.82) is 0 Å². The molecule has 1 aliphatic heterocycles. The molecule has 0 radical (unpaired) electrons. The van der Waals surface area contributed by atoms with E-state index in [-0.39, 0.29) is 5.91 Å².